The number of fused-ring (bicyclic) bond motifs is 3. The average Bonchev–Trinajstić information content (AvgIpc) is 3.52. The van der Waals surface area contributed by atoms with Gasteiger partial charge in [-0.15, -0.1) is 0 Å². The SMILES string of the molecule is CCc1cccc(CC)c1-c1c(C)nn(-c2cc(C)cc(Oc3ccc4c5ccccc5n(-c5cccc(C)c5)c4c3)c2)c1C. The molecular formula is C41H39N3O. The zero-order valence-corrected chi connectivity index (χ0v) is 27.0. The minimum atomic E-state index is 0.792. The molecule has 2 aromatic heterocycles. The van der Waals surface area contributed by atoms with Gasteiger partial charge in [0.1, 0.15) is 11.5 Å². The Bertz CT molecular complexity index is 2190. The smallest absolute Gasteiger partial charge is 0.129 e. The molecule has 0 saturated heterocycles. The van der Waals surface area contributed by atoms with E-state index in [0.29, 0.717) is 0 Å². The van der Waals surface area contributed by atoms with Crippen LogP contribution < -0.4 is 4.74 Å². The highest BCUT2D eigenvalue weighted by Gasteiger charge is 2.20. The number of benzene rings is 5. The first-order chi connectivity index (χ1) is 21.9. The molecule has 224 valence electrons. The molecule has 45 heavy (non-hydrogen) atoms. The van der Waals surface area contributed by atoms with Crippen LogP contribution in [0.3, 0.4) is 0 Å². The van der Waals surface area contributed by atoms with Crippen LogP contribution in [0.5, 0.6) is 11.5 Å². The van der Waals surface area contributed by atoms with E-state index in [4.69, 9.17) is 9.84 Å². The summed E-state index contributed by atoms with van der Waals surface area (Å²) in [4.78, 5) is 0. The Labute approximate surface area is 265 Å². The molecule has 0 aliphatic rings. The van der Waals surface area contributed by atoms with E-state index in [2.05, 4.69) is 154 Å². The molecule has 0 aliphatic heterocycles. The van der Waals surface area contributed by atoms with Crippen molar-refractivity contribution in [3.8, 4) is 34.0 Å². The molecule has 0 unspecified atom stereocenters. The summed E-state index contributed by atoms with van der Waals surface area (Å²) < 4.78 is 11.0. The molecule has 4 heteroatoms. The average molecular weight is 590 g/mol. The van der Waals surface area contributed by atoms with E-state index >= 15 is 0 Å². The van der Waals surface area contributed by atoms with Gasteiger partial charge < -0.3 is 9.30 Å². The van der Waals surface area contributed by atoms with Crippen molar-refractivity contribution in [1.29, 1.82) is 0 Å². The Morgan fingerprint density at radius 2 is 1.29 bits per heavy atom. The van der Waals surface area contributed by atoms with E-state index in [-0.39, 0.29) is 0 Å². The molecule has 0 spiro atoms. The summed E-state index contributed by atoms with van der Waals surface area (Å²) in [6, 6.07) is 36.7. The molecule has 0 N–H and O–H groups in total. The third kappa shape index (κ3) is 5.01. The number of rotatable bonds is 7. The molecule has 5 aromatic carbocycles. The van der Waals surface area contributed by atoms with Gasteiger partial charge in [-0.2, -0.15) is 5.10 Å². The Morgan fingerprint density at radius 3 is 2.04 bits per heavy atom. The van der Waals surface area contributed by atoms with Crippen molar-refractivity contribution in [3.05, 3.63) is 137 Å². The molecule has 2 heterocycles. The molecule has 0 aliphatic carbocycles. The molecule has 0 radical (unpaired) electrons. The highest BCUT2D eigenvalue weighted by atomic mass is 16.5. The van der Waals surface area contributed by atoms with Gasteiger partial charge in [0, 0.05) is 39.8 Å². The zero-order valence-electron chi connectivity index (χ0n) is 27.0. The van der Waals surface area contributed by atoms with Crippen molar-refractivity contribution < 1.29 is 4.74 Å². The molecule has 0 bridgehead atoms. The van der Waals surface area contributed by atoms with Crippen LogP contribution in [0.4, 0.5) is 0 Å². The van der Waals surface area contributed by atoms with Crippen molar-refractivity contribution >= 4 is 21.8 Å². The number of ether oxygens (including phenoxy) is 1. The summed E-state index contributed by atoms with van der Waals surface area (Å²) in [5.41, 5.74) is 14.3. The van der Waals surface area contributed by atoms with Gasteiger partial charge in [0.05, 0.1) is 22.4 Å². The Kier molecular flexibility index (Phi) is 7.29. The van der Waals surface area contributed by atoms with Crippen LogP contribution in [0.1, 0.15) is 47.5 Å². The zero-order chi connectivity index (χ0) is 31.2. The summed E-state index contributed by atoms with van der Waals surface area (Å²) in [5, 5.41) is 7.51. The van der Waals surface area contributed by atoms with Crippen molar-refractivity contribution in [2.75, 3.05) is 0 Å². The van der Waals surface area contributed by atoms with Gasteiger partial charge >= 0.3 is 0 Å². The van der Waals surface area contributed by atoms with Crippen molar-refractivity contribution in [2.24, 2.45) is 0 Å². The van der Waals surface area contributed by atoms with Gasteiger partial charge in [-0.1, -0.05) is 62.4 Å². The summed E-state index contributed by atoms with van der Waals surface area (Å²) in [7, 11) is 0. The second-order valence-electron chi connectivity index (χ2n) is 12.1. The van der Waals surface area contributed by atoms with Gasteiger partial charge in [-0.25, -0.2) is 4.68 Å². The second-order valence-corrected chi connectivity index (χ2v) is 12.1. The van der Waals surface area contributed by atoms with E-state index in [1.807, 2.05) is 0 Å². The van der Waals surface area contributed by atoms with Crippen LogP contribution in [-0.4, -0.2) is 14.3 Å². The predicted octanol–water partition coefficient (Wildman–Crippen LogP) is 10.8. The number of hydrogen-bond acceptors (Lipinski definition) is 2. The first-order valence-electron chi connectivity index (χ1n) is 15.9. The topological polar surface area (TPSA) is 32.0 Å². The van der Waals surface area contributed by atoms with E-state index < -0.39 is 0 Å². The second kappa shape index (κ2) is 11.4. The predicted molar refractivity (Wildman–Crippen MR) is 188 cm³/mol. The highest BCUT2D eigenvalue weighted by molar-refractivity contribution is 6.09. The van der Waals surface area contributed by atoms with E-state index in [0.717, 1.165) is 58.2 Å². The fourth-order valence-corrected chi connectivity index (χ4v) is 6.92. The largest absolute Gasteiger partial charge is 0.457 e. The normalized spacial score (nSPS) is 11.5. The van der Waals surface area contributed by atoms with Crippen LogP contribution in [0.25, 0.3) is 44.3 Å². The Morgan fingerprint density at radius 1 is 0.578 bits per heavy atom. The maximum Gasteiger partial charge on any atom is 0.129 e. The minimum Gasteiger partial charge on any atom is -0.457 e. The summed E-state index contributed by atoms with van der Waals surface area (Å²) in [6.45, 7) is 13.0. The standard InChI is InChI=1S/C41H39N3O/c1-7-30-14-12-15-31(8-2)41(30)40-28(5)42-44(29(40)6)33-22-27(4)23-35(24-33)45-34-19-20-37-36-17-9-10-18-38(36)43(39(37)25-34)32-16-11-13-26(3)21-32/h9-25H,7-8H2,1-6H3. The lowest BCUT2D eigenvalue weighted by atomic mass is 9.91. The Hall–Kier alpha value is -5.09. The van der Waals surface area contributed by atoms with Crippen LogP contribution in [0, 0.1) is 27.7 Å². The highest BCUT2D eigenvalue weighted by Crippen LogP contribution is 2.38. The molecule has 0 amide bonds. The molecule has 4 nitrogen and oxygen atoms in total. The number of aryl methyl sites for hydroxylation is 5. The lowest BCUT2D eigenvalue weighted by Crippen LogP contribution is -2.01. The van der Waals surface area contributed by atoms with Gasteiger partial charge in [0.15, 0.2) is 0 Å². The van der Waals surface area contributed by atoms with E-state index in [9.17, 15) is 0 Å². The number of para-hydroxylation sites is 1. The molecule has 7 aromatic rings. The van der Waals surface area contributed by atoms with E-state index in [1.165, 1.54) is 44.1 Å². The lowest BCUT2D eigenvalue weighted by molar-refractivity contribution is 0.482. The lowest BCUT2D eigenvalue weighted by Gasteiger charge is -2.15. The fraction of sp³-hybridized carbons (Fsp3) is 0.195. The summed E-state index contributed by atoms with van der Waals surface area (Å²) >= 11 is 0. The van der Waals surface area contributed by atoms with Crippen LogP contribution in [-0.2, 0) is 12.8 Å². The molecule has 0 atom stereocenters. The number of hydrogen-bond donors (Lipinski definition) is 0. The third-order valence-electron chi connectivity index (χ3n) is 8.96. The molecule has 7 rings (SSSR count). The summed E-state index contributed by atoms with van der Waals surface area (Å²) in [5.74, 6) is 1.59. The first-order valence-corrected chi connectivity index (χ1v) is 15.9. The van der Waals surface area contributed by atoms with Crippen molar-refractivity contribution in [1.82, 2.24) is 14.3 Å². The maximum atomic E-state index is 6.62. The molecular weight excluding hydrogens is 550 g/mol. The molecule has 0 fully saturated rings. The van der Waals surface area contributed by atoms with Gasteiger partial charge in [0.25, 0.3) is 0 Å². The summed E-state index contributed by atoms with van der Waals surface area (Å²) in [6.07, 6.45) is 1.98. The third-order valence-corrected chi connectivity index (χ3v) is 8.96. The first kappa shape index (κ1) is 28.7. The quantitative estimate of drug-likeness (QED) is 0.185. The van der Waals surface area contributed by atoms with Crippen LogP contribution in [0.15, 0.2) is 103 Å². The number of aromatic nitrogens is 3. The van der Waals surface area contributed by atoms with E-state index in [1.54, 1.807) is 0 Å². The number of nitrogens with zero attached hydrogens (tertiary/aromatic N) is 3. The minimum absolute atomic E-state index is 0.792. The van der Waals surface area contributed by atoms with Crippen molar-refractivity contribution in [2.45, 2.75) is 54.4 Å². The maximum absolute atomic E-state index is 6.62. The van der Waals surface area contributed by atoms with Gasteiger partial charge in [-0.05, 0) is 111 Å². The van der Waals surface area contributed by atoms with Gasteiger partial charge in [0.2, 0.25) is 0 Å². The van der Waals surface area contributed by atoms with Gasteiger partial charge in [-0.3, -0.25) is 0 Å². The monoisotopic (exact) mass is 589 g/mol. The Balaban J connectivity index is 1.31. The van der Waals surface area contributed by atoms with Crippen LogP contribution in [0.2, 0.25) is 0 Å². The van der Waals surface area contributed by atoms with Crippen molar-refractivity contribution in [3.63, 3.8) is 0 Å². The molecule has 0 saturated carbocycles. The van der Waals surface area contributed by atoms with Crippen LogP contribution >= 0.6 is 0 Å². The fourth-order valence-electron chi connectivity index (χ4n) is 6.92.